The summed E-state index contributed by atoms with van der Waals surface area (Å²) in [6.45, 7) is 4.88. The molecule has 0 saturated carbocycles. The van der Waals surface area contributed by atoms with Gasteiger partial charge in [-0.25, -0.2) is 0 Å². The lowest BCUT2D eigenvalue weighted by molar-refractivity contribution is -0.121. The standard InChI is InChI=1S/C14H18BrClN2O/c1-9(2)17-12-4-3-7-18(14(12)19)13-6-5-10(16)8-11(13)15/h5-6,8-9,12,17H,3-4,7H2,1-2H3. The number of hydrogen-bond acceptors (Lipinski definition) is 2. The second kappa shape index (κ2) is 6.25. The Kier molecular flexibility index (Phi) is 4.87. The first kappa shape index (κ1) is 14.8. The Hall–Kier alpha value is -0.580. The number of anilines is 1. The van der Waals surface area contributed by atoms with E-state index >= 15 is 0 Å². The third-order valence-electron chi connectivity index (χ3n) is 3.17. The van der Waals surface area contributed by atoms with Crippen molar-refractivity contribution in [1.82, 2.24) is 5.32 Å². The van der Waals surface area contributed by atoms with Gasteiger partial charge in [0.15, 0.2) is 0 Å². The second-order valence-corrected chi connectivity index (χ2v) is 6.39. The van der Waals surface area contributed by atoms with Crippen molar-refractivity contribution in [2.24, 2.45) is 0 Å². The normalized spacial score (nSPS) is 20.2. The Morgan fingerprint density at radius 1 is 1.47 bits per heavy atom. The summed E-state index contributed by atoms with van der Waals surface area (Å²) in [5.74, 6) is 0.142. The first-order valence-electron chi connectivity index (χ1n) is 6.51. The molecule has 0 spiro atoms. The van der Waals surface area contributed by atoms with Crippen molar-refractivity contribution in [2.45, 2.75) is 38.8 Å². The summed E-state index contributed by atoms with van der Waals surface area (Å²) >= 11 is 9.43. The first-order chi connectivity index (χ1) is 8.99. The number of piperidine rings is 1. The van der Waals surface area contributed by atoms with Crippen LogP contribution in [0.25, 0.3) is 0 Å². The molecule has 1 aliphatic heterocycles. The first-order valence-corrected chi connectivity index (χ1v) is 7.68. The molecule has 3 nitrogen and oxygen atoms in total. The number of halogens is 2. The molecule has 1 aliphatic rings. The van der Waals surface area contributed by atoms with Crippen LogP contribution < -0.4 is 10.2 Å². The summed E-state index contributed by atoms with van der Waals surface area (Å²) in [4.78, 5) is 14.3. The van der Waals surface area contributed by atoms with Crippen molar-refractivity contribution >= 4 is 39.1 Å². The molecule has 1 amide bonds. The Labute approximate surface area is 127 Å². The van der Waals surface area contributed by atoms with Crippen LogP contribution in [0.15, 0.2) is 22.7 Å². The fraction of sp³-hybridized carbons (Fsp3) is 0.500. The SMILES string of the molecule is CC(C)NC1CCCN(c2ccc(Cl)cc2Br)C1=O. The maximum absolute atomic E-state index is 12.5. The molecule has 0 aromatic heterocycles. The van der Waals surface area contributed by atoms with Crippen LogP contribution in [0.3, 0.4) is 0 Å². The molecular formula is C14H18BrClN2O. The molecule has 19 heavy (non-hydrogen) atoms. The van der Waals surface area contributed by atoms with Crippen molar-refractivity contribution in [1.29, 1.82) is 0 Å². The van der Waals surface area contributed by atoms with E-state index in [4.69, 9.17) is 11.6 Å². The summed E-state index contributed by atoms with van der Waals surface area (Å²) in [6, 6.07) is 5.75. The van der Waals surface area contributed by atoms with Crippen LogP contribution in [0.1, 0.15) is 26.7 Å². The van der Waals surface area contributed by atoms with E-state index in [1.54, 1.807) is 0 Å². The van der Waals surface area contributed by atoms with Crippen LogP contribution in [0.4, 0.5) is 5.69 Å². The Morgan fingerprint density at radius 3 is 2.84 bits per heavy atom. The van der Waals surface area contributed by atoms with Gasteiger partial charge in [0.1, 0.15) is 0 Å². The highest BCUT2D eigenvalue weighted by Crippen LogP contribution is 2.31. The van der Waals surface area contributed by atoms with E-state index < -0.39 is 0 Å². The lowest BCUT2D eigenvalue weighted by atomic mass is 10.0. The van der Waals surface area contributed by atoms with Gasteiger partial charge in [0.05, 0.1) is 11.7 Å². The lowest BCUT2D eigenvalue weighted by Gasteiger charge is -2.34. The van der Waals surface area contributed by atoms with Gasteiger partial charge in [-0.05, 0) is 47.0 Å². The van der Waals surface area contributed by atoms with Gasteiger partial charge < -0.3 is 10.2 Å². The zero-order chi connectivity index (χ0) is 14.0. The number of carbonyl (C=O) groups excluding carboxylic acids is 1. The topological polar surface area (TPSA) is 32.3 Å². The summed E-state index contributed by atoms with van der Waals surface area (Å²) in [6.07, 6.45) is 1.91. The molecule has 0 aliphatic carbocycles. The van der Waals surface area contributed by atoms with E-state index in [0.29, 0.717) is 11.1 Å². The van der Waals surface area contributed by atoms with Crippen LogP contribution in [-0.2, 0) is 4.79 Å². The van der Waals surface area contributed by atoms with Gasteiger partial charge in [-0.3, -0.25) is 4.79 Å². The summed E-state index contributed by atoms with van der Waals surface area (Å²) in [5.41, 5.74) is 0.893. The highest BCUT2D eigenvalue weighted by molar-refractivity contribution is 9.10. The van der Waals surface area contributed by atoms with E-state index in [9.17, 15) is 4.79 Å². The van der Waals surface area contributed by atoms with E-state index in [-0.39, 0.29) is 11.9 Å². The molecule has 5 heteroatoms. The summed E-state index contributed by atoms with van der Waals surface area (Å²) in [5, 5.41) is 3.99. The molecule has 1 aromatic carbocycles. The Bertz CT molecular complexity index is 479. The molecule has 0 radical (unpaired) electrons. The lowest BCUT2D eigenvalue weighted by Crippen LogP contribution is -2.52. The monoisotopic (exact) mass is 344 g/mol. The van der Waals surface area contributed by atoms with Crippen molar-refractivity contribution in [3.05, 3.63) is 27.7 Å². The molecule has 1 fully saturated rings. The van der Waals surface area contributed by atoms with Crippen LogP contribution >= 0.6 is 27.5 Å². The molecule has 1 atom stereocenters. The number of nitrogens with zero attached hydrogens (tertiary/aromatic N) is 1. The number of rotatable bonds is 3. The number of benzene rings is 1. The van der Waals surface area contributed by atoms with Crippen LogP contribution in [0, 0.1) is 0 Å². The molecule has 2 rings (SSSR count). The van der Waals surface area contributed by atoms with Crippen molar-refractivity contribution in [3.63, 3.8) is 0 Å². The third kappa shape index (κ3) is 3.50. The zero-order valence-electron chi connectivity index (χ0n) is 11.1. The van der Waals surface area contributed by atoms with Crippen LogP contribution in [0.2, 0.25) is 5.02 Å². The average molecular weight is 346 g/mol. The van der Waals surface area contributed by atoms with Gasteiger partial charge in [-0.1, -0.05) is 25.4 Å². The minimum atomic E-state index is -0.0867. The minimum absolute atomic E-state index is 0.0867. The van der Waals surface area contributed by atoms with Gasteiger partial charge in [0.2, 0.25) is 5.91 Å². The van der Waals surface area contributed by atoms with Crippen molar-refractivity contribution < 1.29 is 4.79 Å². The van der Waals surface area contributed by atoms with Crippen LogP contribution in [0.5, 0.6) is 0 Å². The molecule has 1 N–H and O–H groups in total. The molecule has 0 bridgehead atoms. The highest BCUT2D eigenvalue weighted by atomic mass is 79.9. The summed E-state index contributed by atoms with van der Waals surface area (Å²) in [7, 11) is 0. The van der Waals surface area contributed by atoms with E-state index in [0.717, 1.165) is 29.5 Å². The number of carbonyl (C=O) groups is 1. The fourth-order valence-corrected chi connectivity index (χ4v) is 3.27. The van der Waals surface area contributed by atoms with E-state index in [1.165, 1.54) is 0 Å². The maximum Gasteiger partial charge on any atom is 0.244 e. The Balaban J connectivity index is 2.21. The quantitative estimate of drug-likeness (QED) is 0.908. The van der Waals surface area contributed by atoms with Crippen molar-refractivity contribution in [3.8, 4) is 0 Å². The third-order valence-corrected chi connectivity index (χ3v) is 4.04. The molecule has 104 valence electrons. The maximum atomic E-state index is 12.5. The smallest absolute Gasteiger partial charge is 0.244 e. The van der Waals surface area contributed by atoms with Gasteiger partial charge >= 0.3 is 0 Å². The van der Waals surface area contributed by atoms with Crippen molar-refractivity contribution in [2.75, 3.05) is 11.4 Å². The molecule has 1 aromatic rings. The molecule has 1 saturated heterocycles. The van der Waals surface area contributed by atoms with Gasteiger partial charge in [0.25, 0.3) is 0 Å². The highest BCUT2D eigenvalue weighted by Gasteiger charge is 2.30. The molecule has 1 unspecified atom stereocenters. The fourth-order valence-electron chi connectivity index (χ4n) is 2.37. The van der Waals surface area contributed by atoms with E-state index in [2.05, 4.69) is 35.1 Å². The zero-order valence-corrected chi connectivity index (χ0v) is 13.5. The number of amides is 1. The van der Waals surface area contributed by atoms with Crippen LogP contribution in [-0.4, -0.2) is 24.5 Å². The van der Waals surface area contributed by atoms with E-state index in [1.807, 2.05) is 23.1 Å². The molecule has 1 heterocycles. The van der Waals surface area contributed by atoms with Gasteiger partial charge in [0, 0.05) is 22.1 Å². The predicted molar refractivity (Wildman–Crippen MR) is 82.8 cm³/mol. The summed E-state index contributed by atoms with van der Waals surface area (Å²) < 4.78 is 0.860. The van der Waals surface area contributed by atoms with Gasteiger partial charge in [-0.2, -0.15) is 0 Å². The largest absolute Gasteiger partial charge is 0.310 e. The second-order valence-electron chi connectivity index (χ2n) is 5.10. The Morgan fingerprint density at radius 2 is 2.21 bits per heavy atom. The average Bonchev–Trinajstić information content (AvgIpc) is 2.32. The number of hydrogen-bond donors (Lipinski definition) is 1. The minimum Gasteiger partial charge on any atom is -0.310 e. The van der Waals surface area contributed by atoms with Gasteiger partial charge in [-0.15, -0.1) is 0 Å². The number of nitrogens with one attached hydrogen (secondary N) is 1. The predicted octanol–water partition coefficient (Wildman–Crippen LogP) is 3.60. The molecular weight excluding hydrogens is 328 g/mol.